The Labute approximate surface area is 68.2 Å². The number of hydrogen-bond acceptors (Lipinski definition) is 5. The lowest BCUT2D eigenvalue weighted by Crippen LogP contribution is -2.29. The molecule has 0 saturated carbocycles. The summed E-state index contributed by atoms with van der Waals surface area (Å²) in [6.07, 6.45) is 5.81. The maximum absolute atomic E-state index is 5.41. The van der Waals surface area contributed by atoms with Gasteiger partial charge in [-0.15, -0.1) is 5.48 Å². The number of hydrogen-bond donors (Lipinski definition) is 2. The third-order valence-corrected chi connectivity index (χ3v) is 2.15. The van der Waals surface area contributed by atoms with Crippen LogP contribution in [0.15, 0.2) is 28.3 Å². The molecule has 0 aromatic carbocycles. The van der Waals surface area contributed by atoms with Crippen molar-refractivity contribution in [3.8, 4) is 0 Å². The van der Waals surface area contributed by atoms with E-state index in [9.17, 15) is 0 Å². The van der Waals surface area contributed by atoms with Crippen LogP contribution in [0.1, 0.15) is 0 Å². The summed E-state index contributed by atoms with van der Waals surface area (Å²) in [6.45, 7) is 0. The summed E-state index contributed by atoms with van der Waals surface area (Å²) in [7, 11) is 0. The van der Waals surface area contributed by atoms with Crippen molar-refractivity contribution < 1.29 is 4.94 Å². The molecule has 1 atom stereocenters. The topological polar surface area (TPSA) is 59.6 Å². The minimum absolute atomic E-state index is 0.0750. The summed E-state index contributed by atoms with van der Waals surface area (Å²) >= 11 is 1.18. The van der Waals surface area contributed by atoms with Crippen LogP contribution in [0.4, 0.5) is 0 Å². The zero-order valence-electron chi connectivity index (χ0n) is 5.65. The second kappa shape index (κ2) is 2.69. The van der Waals surface area contributed by atoms with Crippen molar-refractivity contribution in [3.05, 3.63) is 23.1 Å². The van der Waals surface area contributed by atoms with Crippen LogP contribution in [0.5, 0.6) is 0 Å². The van der Waals surface area contributed by atoms with E-state index in [2.05, 4.69) is 10.6 Å². The molecule has 0 aromatic rings. The molecule has 0 fully saturated rings. The molecule has 0 spiro atoms. The quantitative estimate of drug-likeness (QED) is 0.554. The Morgan fingerprint density at radius 1 is 1.73 bits per heavy atom. The zero-order chi connectivity index (χ0) is 7.68. The lowest BCUT2D eigenvalue weighted by atomic mass is 10.1. The summed E-state index contributed by atoms with van der Waals surface area (Å²) in [5.41, 5.74) is 3.58. The molecule has 0 saturated heterocycles. The number of rotatable bonds is 1. The van der Waals surface area contributed by atoms with Crippen molar-refractivity contribution in [2.75, 3.05) is 0 Å². The highest BCUT2D eigenvalue weighted by atomic mass is 32.2. The minimum atomic E-state index is 0.0750. The second-order valence-electron chi connectivity index (χ2n) is 2.20. The van der Waals surface area contributed by atoms with Gasteiger partial charge in [0.25, 0.3) is 0 Å². The van der Waals surface area contributed by atoms with E-state index < -0.39 is 0 Å². The molecule has 4 nitrogen and oxygen atoms in total. The fourth-order valence-electron chi connectivity index (χ4n) is 1.01. The SMILES string of the molecule is NSC1=CC=CC2NON=C12. The predicted octanol–water partition coefficient (Wildman–Crippen LogP) is 0.306. The Morgan fingerprint density at radius 2 is 2.64 bits per heavy atom. The second-order valence-corrected chi connectivity index (χ2v) is 2.87. The molecule has 2 aliphatic rings. The van der Waals surface area contributed by atoms with Crippen LogP contribution < -0.4 is 10.6 Å². The van der Waals surface area contributed by atoms with Crippen LogP contribution >= 0.6 is 11.9 Å². The van der Waals surface area contributed by atoms with Gasteiger partial charge in [0, 0.05) is 4.91 Å². The van der Waals surface area contributed by atoms with Crippen LogP contribution in [-0.4, -0.2) is 11.8 Å². The number of nitrogens with one attached hydrogen (secondary N) is 1. The van der Waals surface area contributed by atoms with Crippen LogP contribution in [0.25, 0.3) is 0 Å². The highest BCUT2D eigenvalue weighted by Gasteiger charge is 2.25. The van der Waals surface area contributed by atoms with E-state index in [0.29, 0.717) is 0 Å². The molecule has 2 rings (SSSR count). The first-order valence-electron chi connectivity index (χ1n) is 3.17. The van der Waals surface area contributed by atoms with Crippen molar-refractivity contribution >= 4 is 17.7 Å². The average molecular weight is 169 g/mol. The van der Waals surface area contributed by atoms with E-state index >= 15 is 0 Å². The van der Waals surface area contributed by atoms with Gasteiger partial charge in [-0.3, -0.25) is 10.1 Å². The Hall–Kier alpha value is -0.780. The maximum atomic E-state index is 5.41. The molecule has 0 radical (unpaired) electrons. The van der Waals surface area contributed by atoms with Crippen molar-refractivity contribution in [1.29, 1.82) is 0 Å². The largest absolute Gasteiger partial charge is 0.298 e. The molecule has 1 aliphatic carbocycles. The number of oxime groups is 1. The Morgan fingerprint density at radius 3 is 3.45 bits per heavy atom. The van der Waals surface area contributed by atoms with Crippen molar-refractivity contribution in [2.24, 2.45) is 10.3 Å². The first-order chi connectivity index (χ1) is 5.42. The van der Waals surface area contributed by atoms with Gasteiger partial charge in [-0.1, -0.05) is 17.3 Å². The van der Waals surface area contributed by atoms with E-state index in [1.54, 1.807) is 0 Å². The number of fused-ring (bicyclic) bond motifs is 1. The van der Waals surface area contributed by atoms with Crippen LogP contribution in [0.3, 0.4) is 0 Å². The minimum Gasteiger partial charge on any atom is -0.298 e. The van der Waals surface area contributed by atoms with E-state index in [0.717, 1.165) is 10.6 Å². The monoisotopic (exact) mass is 169 g/mol. The van der Waals surface area contributed by atoms with Gasteiger partial charge in [-0.05, 0) is 18.0 Å². The van der Waals surface area contributed by atoms with Gasteiger partial charge < -0.3 is 0 Å². The zero-order valence-corrected chi connectivity index (χ0v) is 6.47. The third kappa shape index (κ3) is 1.07. The lowest BCUT2D eigenvalue weighted by Gasteiger charge is -2.09. The third-order valence-electron chi connectivity index (χ3n) is 1.55. The average Bonchev–Trinajstić information content (AvgIpc) is 2.50. The molecule has 58 valence electrons. The van der Waals surface area contributed by atoms with Crippen molar-refractivity contribution in [2.45, 2.75) is 6.04 Å². The molecule has 1 unspecified atom stereocenters. The Bertz CT molecular complexity index is 259. The molecule has 5 heteroatoms. The molecule has 0 amide bonds. The van der Waals surface area contributed by atoms with Crippen LogP contribution in [0, 0.1) is 0 Å². The van der Waals surface area contributed by atoms with Crippen molar-refractivity contribution in [1.82, 2.24) is 5.48 Å². The predicted molar refractivity (Wildman–Crippen MR) is 44.4 cm³/mol. The fraction of sp³-hybridized carbons (Fsp3) is 0.167. The molecule has 1 aliphatic heterocycles. The van der Waals surface area contributed by atoms with E-state index in [-0.39, 0.29) is 6.04 Å². The summed E-state index contributed by atoms with van der Waals surface area (Å²) < 4.78 is 0. The standard InChI is InChI=1S/C6H7N3OS/c7-11-5-3-1-2-4-6(5)9-10-8-4/h1-4,8H,7H2. The lowest BCUT2D eigenvalue weighted by molar-refractivity contribution is 0.0672. The van der Waals surface area contributed by atoms with Gasteiger partial charge >= 0.3 is 0 Å². The summed E-state index contributed by atoms with van der Waals surface area (Å²) in [6, 6.07) is 0.0750. The molecule has 11 heavy (non-hydrogen) atoms. The first-order valence-corrected chi connectivity index (χ1v) is 4.05. The summed E-state index contributed by atoms with van der Waals surface area (Å²) in [5, 5.41) is 9.20. The van der Waals surface area contributed by atoms with Crippen LogP contribution in [0.2, 0.25) is 0 Å². The van der Waals surface area contributed by atoms with E-state index in [4.69, 9.17) is 10.1 Å². The number of nitrogens with two attached hydrogens (primary N) is 1. The van der Waals surface area contributed by atoms with Gasteiger partial charge in [-0.25, -0.2) is 0 Å². The number of nitrogens with zero attached hydrogens (tertiary/aromatic N) is 1. The smallest absolute Gasteiger partial charge is 0.121 e. The highest BCUT2D eigenvalue weighted by Crippen LogP contribution is 2.20. The molecule has 0 aromatic heterocycles. The molecular weight excluding hydrogens is 162 g/mol. The number of hydroxylamine groups is 1. The summed E-state index contributed by atoms with van der Waals surface area (Å²) in [4.78, 5) is 5.65. The van der Waals surface area contributed by atoms with Gasteiger partial charge in [0.2, 0.25) is 0 Å². The van der Waals surface area contributed by atoms with Crippen molar-refractivity contribution in [3.63, 3.8) is 0 Å². The Kier molecular flexibility index (Phi) is 1.69. The molecule has 3 N–H and O–H groups in total. The molecule has 1 heterocycles. The maximum Gasteiger partial charge on any atom is 0.121 e. The van der Waals surface area contributed by atoms with E-state index in [1.807, 2.05) is 18.2 Å². The van der Waals surface area contributed by atoms with Gasteiger partial charge in [0.1, 0.15) is 11.8 Å². The molecule has 0 bridgehead atoms. The highest BCUT2D eigenvalue weighted by molar-refractivity contribution is 8.01. The summed E-state index contributed by atoms with van der Waals surface area (Å²) in [5.74, 6) is 0. The van der Waals surface area contributed by atoms with E-state index in [1.165, 1.54) is 11.9 Å². The first kappa shape index (κ1) is 6.90. The van der Waals surface area contributed by atoms with Gasteiger partial charge in [0.05, 0.1) is 0 Å². The fourth-order valence-corrected chi connectivity index (χ4v) is 1.45. The van der Waals surface area contributed by atoms with Gasteiger partial charge in [-0.2, -0.15) is 0 Å². The normalized spacial score (nSPS) is 27.2. The van der Waals surface area contributed by atoms with Crippen LogP contribution in [-0.2, 0) is 4.94 Å². The molecular formula is C6H7N3OS. The van der Waals surface area contributed by atoms with Gasteiger partial charge in [0.15, 0.2) is 0 Å². The Balaban J connectivity index is 2.31. The number of allylic oxidation sites excluding steroid dienone is 2.